The molecule has 1 heterocycles. The zero-order chi connectivity index (χ0) is 16.2. The van der Waals surface area contributed by atoms with E-state index in [4.69, 9.17) is 14.2 Å². The number of hydrogen-bond donors (Lipinski definition) is 0. The number of hydrogen-bond acceptors (Lipinski definition) is 4. The van der Waals surface area contributed by atoms with Crippen LogP contribution in [0.4, 0.5) is 4.79 Å². The van der Waals surface area contributed by atoms with E-state index in [1.807, 2.05) is 6.07 Å². The molecule has 1 aromatic carbocycles. The van der Waals surface area contributed by atoms with Gasteiger partial charge in [0, 0.05) is 31.8 Å². The molecule has 5 heteroatoms. The molecule has 5 nitrogen and oxygen atoms in total. The van der Waals surface area contributed by atoms with Gasteiger partial charge in [0.1, 0.15) is 6.10 Å². The van der Waals surface area contributed by atoms with Crippen LogP contribution in [0, 0.1) is 0 Å². The summed E-state index contributed by atoms with van der Waals surface area (Å²) in [6.45, 7) is 1.41. The maximum atomic E-state index is 11.6. The van der Waals surface area contributed by atoms with E-state index in [1.54, 1.807) is 12.0 Å². The van der Waals surface area contributed by atoms with Crippen molar-refractivity contribution in [2.24, 2.45) is 0 Å². The van der Waals surface area contributed by atoms with Crippen molar-refractivity contribution < 1.29 is 19.0 Å². The van der Waals surface area contributed by atoms with E-state index in [0.29, 0.717) is 12.5 Å². The number of carbonyl (C=O) groups excluding carboxylic acids is 1. The van der Waals surface area contributed by atoms with Gasteiger partial charge in [-0.05, 0) is 24.1 Å². The Morgan fingerprint density at radius 2 is 1.96 bits per heavy atom. The zero-order valence-electron chi connectivity index (χ0n) is 13.7. The van der Waals surface area contributed by atoms with Crippen LogP contribution in [0.5, 0.6) is 11.5 Å². The Kier molecular flexibility index (Phi) is 4.74. The highest BCUT2D eigenvalue weighted by Gasteiger charge is 2.28. The van der Waals surface area contributed by atoms with Crippen molar-refractivity contribution in [3.8, 4) is 11.5 Å². The van der Waals surface area contributed by atoms with E-state index >= 15 is 0 Å². The fourth-order valence-electron chi connectivity index (χ4n) is 3.23. The maximum absolute atomic E-state index is 11.6. The van der Waals surface area contributed by atoms with E-state index in [-0.39, 0.29) is 12.2 Å². The Labute approximate surface area is 136 Å². The van der Waals surface area contributed by atoms with Crippen LogP contribution >= 0.6 is 0 Å². The number of likely N-dealkylation sites (tertiary alicyclic amines) is 1. The Morgan fingerprint density at radius 3 is 2.65 bits per heavy atom. The molecule has 3 rings (SSSR count). The van der Waals surface area contributed by atoms with Gasteiger partial charge < -0.3 is 19.1 Å². The van der Waals surface area contributed by atoms with Crippen LogP contribution in [-0.4, -0.2) is 44.4 Å². The summed E-state index contributed by atoms with van der Waals surface area (Å²) in [4.78, 5) is 13.4. The number of ether oxygens (including phenoxy) is 3. The van der Waals surface area contributed by atoms with Crippen molar-refractivity contribution in [2.45, 2.75) is 31.3 Å². The van der Waals surface area contributed by atoms with Gasteiger partial charge >= 0.3 is 6.09 Å². The van der Waals surface area contributed by atoms with Crippen LogP contribution in [-0.2, 0) is 4.74 Å². The lowest BCUT2D eigenvalue weighted by Gasteiger charge is -2.19. The molecule has 1 aromatic rings. The molecule has 124 valence electrons. The van der Waals surface area contributed by atoms with Gasteiger partial charge in [0.25, 0.3) is 0 Å². The summed E-state index contributed by atoms with van der Waals surface area (Å²) in [7, 11) is 3.08. The molecule has 0 radical (unpaired) electrons. The standard InChI is InChI=1S/C18H23NO4/c1-21-16-8-7-13(11-17(16)23-15-5-3-4-6-15)14-9-10-19(12-14)18(20)22-2/h3-4,7-8,11,14-15H,5-6,9-10,12H2,1-2H3. The molecule has 23 heavy (non-hydrogen) atoms. The second kappa shape index (κ2) is 6.94. The van der Waals surface area contributed by atoms with Crippen LogP contribution < -0.4 is 9.47 Å². The van der Waals surface area contributed by atoms with Gasteiger partial charge in [-0.3, -0.25) is 0 Å². The molecule has 1 fully saturated rings. The first-order chi connectivity index (χ1) is 11.2. The minimum Gasteiger partial charge on any atom is -0.493 e. The number of methoxy groups -OCH3 is 2. The summed E-state index contributed by atoms with van der Waals surface area (Å²) in [6.07, 6.45) is 7.04. The number of rotatable bonds is 4. The van der Waals surface area contributed by atoms with Crippen molar-refractivity contribution in [3.63, 3.8) is 0 Å². The van der Waals surface area contributed by atoms with Crippen molar-refractivity contribution in [1.82, 2.24) is 4.90 Å². The molecule has 0 saturated carbocycles. The van der Waals surface area contributed by atoms with Crippen molar-refractivity contribution in [3.05, 3.63) is 35.9 Å². The summed E-state index contributed by atoms with van der Waals surface area (Å²) in [5.74, 6) is 1.85. The molecular weight excluding hydrogens is 294 g/mol. The monoisotopic (exact) mass is 317 g/mol. The normalized spacial score (nSPS) is 20.8. The highest BCUT2D eigenvalue weighted by Crippen LogP contribution is 2.36. The number of nitrogens with zero attached hydrogens (tertiary/aromatic N) is 1. The van der Waals surface area contributed by atoms with Crippen LogP contribution in [0.25, 0.3) is 0 Å². The first-order valence-electron chi connectivity index (χ1n) is 8.03. The van der Waals surface area contributed by atoms with Gasteiger partial charge in [0.05, 0.1) is 14.2 Å². The molecule has 1 unspecified atom stereocenters. The minimum absolute atomic E-state index is 0.189. The molecule has 0 aromatic heterocycles. The van der Waals surface area contributed by atoms with E-state index in [1.165, 1.54) is 12.7 Å². The lowest BCUT2D eigenvalue weighted by Crippen LogP contribution is -2.28. The minimum atomic E-state index is -0.255. The van der Waals surface area contributed by atoms with Crippen LogP contribution in [0.3, 0.4) is 0 Å². The van der Waals surface area contributed by atoms with E-state index in [9.17, 15) is 4.79 Å². The van der Waals surface area contributed by atoms with E-state index < -0.39 is 0 Å². The fraction of sp³-hybridized carbons (Fsp3) is 0.500. The average Bonchev–Trinajstić information content (AvgIpc) is 3.25. The highest BCUT2D eigenvalue weighted by atomic mass is 16.5. The van der Waals surface area contributed by atoms with Crippen LogP contribution in [0.15, 0.2) is 30.4 Å². The van der Waals surface area contributed by atoms with Gasteiger partial charge in [-0.15, -0.1) is 0 Å². The van der Waals surface area contributed by atoms with Crippen molar-refractivity contribution in [1.29, 1.82) is 0 Å². The maximum Gasteiger partial charge on any atom is 0.409 e. The molecule has 1 amide bonds. The van der Waals surface area contributed by atoms with Crippen LogP contribution in [0.1, 0.15) is 30.7 Å². The van der Waals surface area contributed by atoms with Crippen molar-refractivity contribution in [2.75, 3.05) is 27.3 Å². The Balaban J connectivity index is 1.74. The quantitative estimate of drug-likeness (QED) is 0.799. The summed E-state index contributed by atoms with van der Waals surface area (Å²) >= 11 is 0. The molecule has 1 atom stereocenters. The Hall–Kier alpha value is -2.17. The van der Waals surface area contributed by atoms with Gasteiger partial charge in [-0.2, -0.15) is 0 Å². The largest absolute Gasteiger partial charge is 0.493 e. The van der Waals surface area contributed by atoms with Gasteiger partial charge in [0.15, 0.2) is 11.5 Å². The Morgan fingerprint density at radius 1 is 1.17 bits per heavy atom. The molecule has 0 spiro atoms. The highest BCUT2D eigenvalue weighted by molar-refractivity contribution is 5.68. The smallest absolute Gasteiger partial charge is 0.409 e. The third-order valence-corrected chi connectivity index (χ3v) is 4.54. The number of amides is 1. The summed E-state index contributed by atoms with van der Waals surface area (Å²) in [6, 6.07) is 6.07. The lowest BCUT2D eigenvalue weighted by molar-refractivity contribution is 0.132. The first-order valence-corrected chi connectivity index (χ1v) is 8.03. The molecular formula is C18H23NO4. The van der Waals surface area contributed by atoms with E-state index in [0.717, 1.165) is 37.3 Å². The predicted octanol–water partition coefficient (Wildman–Crippen LogP) is 3.35. The Bertz CT molecular complexity index is 591. The molecule has 1 saturated heterocycles. The molecule has 1 aliphatic heterocycles. The molecule has 0 bridgehead atoms. The van der Waals surface area contributed by atoms with Gasteiger partial charge in [-0.1, -0.05) is 18.2 Å². The predicted molar refractivity (Wildman–Crippen MR) is 87.1 cm³/mol. The second-order valence-corrected chi connectivity index (χ2v) is 5.99. The molecule has 1 aliphatic carbocycles. The van der Waals surface area contributed by atoms with E-state index in [2.05, 4.69) is 24.3 Å². The summed E-state index contributed by atoms with van der Waals surface area (Å²) in [5, 5.41) is 0. The second-order valence-electron chi connectivity index (χ2n) is 5.99. The molecule has 2 aliphatic rings. The van der Waals surface area contributed by atoms with Crippen molar-refractivity contribution >= 4 is 6.09 Å². The summed E-state index contributed by atoms with van der Waals surface area (Å²) < 4.78 is 16.3. The third kappa shape index (κ3) is 3.44. The molecule has 0 N–H and O–H groups in total. The lowest BCUT2D eigenvalue weighted by atomic mass is 9.98. The average molecular weight is 317 g/mol. The number of benzene rings is 1. The van der Waals surface area contributed by atoms with Gasteiger partial charge in [0.2, 0.25) is 0 Å². The fourth-order valence-corrected chi connectivity index (χ4v) is 3.23. The SMILES string of the molecule is COC(=O)N1CCC(c2ccc(OC)c(OC3CC=CC3)c2)C1. The third-order valence-electron chi connectivity index (χ3n) is 4.54. The zero-order valence-corrected chi connectivity index (χ0v) is 13.7. The van der Waals surface area contributed by atoms with Gasteiger partial charge in [-0.25, -0.2) is 4.79 Å². The number of carbonyl (C=O) groups is 1. The topological polar surface area (TPSA) is 48.0 Å². The van der Waals surface area contributed by atoms with Crippen LogP contribution in [0.2, 0.25) is 0 Å². The first kappa shape index (κ1) is 15.7. The summed E-state index contributed by atoms with van der Waals surface area (Å²) in [5.41, 5.74) is 1.18.